The summed E-state index contributed by atoms with van der Waals surface area (Å²) in [6.07, 6.45) is 7.44. The molecule has 1 N–H and O–H groups in total. The number of methoxy groups -OCH3 is 1. The smallest absolute Gasteiger partial charge is 0.415 e. The Morgan fingerprint density at radius 2 is 1.83 bits per heavy atom. The number of nitrogens with one attached hydrogen (secondary N) is 1. The van der Waals surface area contributed by atoms with E-state index < -0.39 is 24.3 Å². The number of pyridine rings is 1. The molecule has 0 radical (unpaired) electrons. The maximum Gasteiger partial charge on any atom is 0.415 e. The van der Waals surface area contributed by atoms with Gasteiger partial charge in [0.25, 0.3) is 5.91 Å². The Morgan fingerprint density at radius 1 is 1.00 bits per heavy atom. The summed E-state index contributed by atoms with van der Waals surface area (Å²) in [5.74, 6) is -0.0887. The first kappa shape index (κ1) is 39.0. The predicted molar refractivity (Wildman–Crippen MR) is 210 cm³/mol. The van der Waals surface area contributed by atoms with Crippen LogP contribution in [0.2, 0.25) is 0 Å². The monoisotopic (exact) mass is 798 g/mol. The fraction of sp³-hybridized carbons (Fsp3) is 0.475. The van der Waals surface area contributed by atoms with E-state index in [0.717, 1.165) is 6.54 Å². The first-order chi connectivity index (χ1) is 28.0. The highest BCUT2D eigenvalue weighted by atomic mass is 19.1. The van der Waals surface area contributed by atoms with Gasteiger partial charge in [0.2, 0.25) is 0 Å². The number of amides is 2. The van der Waals surface area contributed by atoms with Crippen molar-refractivity contribution in [3.63, 3.8) is 0 Å². The van der Waals surface area contributed by atoms with Crippen LogP contribution in [-0.2, 0) is 14.3 Å². The molecule has 8 rings (SSSR count). The van der Waals surface area contributed by atoms with Gasteiger partial charge in [0, 0.05) is 70.0 Å². The van der Waals surface area contributed by atoms with Gasteiger partial charge in [-0.05, 0) is 52.3 Å². The lowest BCUT2D eigenvalue weighted by atomic mass is 10.1. The largest absolute Gasteiger partial charge is 0.494 e. The van der Waals surface area contributed by atoms with E-state index in [1.807, 2.05) is 31.7 Å². The van der Waals surface area contributed by atoms with Crippen LogP contribution < -0.4 is 19.7 Å². The average Bonchev–Trinajstić information content (AvgIpc) is 4.02. The summed E-state index contributed by atoms with van der Waals surface area (Å²) in [7, 11) is 1.52. The number of rotatable bonds is 11. The summed E-state index contributed by atoms with van der Waals surface area (Å²) in [4.78, 5) is 54.9. The zero-order chi connectivity index (χ0) is 40.6. The molecule has 4 aromatic heterocycles. The van der Waals surface area contributed by atoms with Gasteiger partial charge >= 0.3 is 12.1 Å². The fourth-order valence-corrected chi connectivity index (χ4v) is 7.70. The average molecular weight is 799 g/mol. The Labute approximate surface area is 334 Å². The number of benzene rings is 1. The SMILES string of the molecule is COc1cc2c(cc1-n1nc(C(=O)NCCN3CC[C@@H](C(=O)O[C@@H]4CCN(CCF)C4)C3)c3cnc(-c4cnn5cccnc45)cc31)OCCN2C(=O)OC(C)(C)C. The Kier molecular flexibility index (Phi) is 10.9. The fourth-order valence-electron chi connectivity index (χ4n) is 7.70. The summed E-state index contributed by atoms with van der Waals surface area (Å²) < 4.78 is 39.4. The molecule has 2 atom stereocenters. The van der Waals surface area contributed by atoms with E-state index in [-0.39, 0.29) is 36.8 Å². The molecule has 58 heavy (non-hydrogen) atoms. The van der Waals surface area contributed by atoms with Crippen molar-refractivity contribution >= 4 is 40.2 Å². The zero-order valence-electron chi connectivity index (χ0n) is 33.0. The number of fused-ring (bicyclic) bond motifs is 3. The van der Waals surface area contributed by atoms with Crippen LogP contribution >= 0.6 is 0 Å². The molecule has 5 aromatic rings. The Hall–Kier alpha value is -5.88. The molecule has 2 fully saturated rings. The van der Waals surface area contributed by atoms with Crippen molar-refractivity contribution in [2.45, 2.75) is 45.3 Å². The highest BCUT2D eigenvalue weighted by Crippen LogP contribution is 2.41. The minimum Gasteiger partial charge on any atom is -0.494 e. The number of carbonyl (C=O) groups is 3. The topological polar surface area (TPSA) is 171 Å². The second-order valence-corrected chi connectivity index (χ2v) is 15.6. The van der Waals surface area contributed by atoms with Crippen molar-refractivity contribution < 1.29 is 37.7 Å². The standard InChI is InChI=1S/C40H47FN10O7/c1-40(2,3)58-39(54)49-16-17-56-34-20-32(33(55-4)19-31(34)49)51-30-18-29(27-22-45-50-11-5-9-42-36(27)50)44-21-28(30)35(46-51)37(52)43-10-15-48-12-6-25(23-48)38(53)57-26-7-13-47(24-26)14-8-41/h5,9,11,18-22,25-26H,6-8,10,12-17,23-24H2,1-4H3,(H,43,52)/t25-,26-/m1/s1. The number of nitrogens with zero attached hydrogens (tertiary/aromatic N) is 9. The van der Waals surface area contributed by atoms with Crippen LogP contribution in [0.3, 0.4) is 0 Å². The molecule has 3 aliphatic heterocycles. The minimum atomic E-state index is -0.700. The molecule has 18 heteroatoms. The Balaban J connectivity index is 1.05. The second kappa shape index (κ2) is 16.2. The van der Waals surface area contributed by atoms with Gasteiger partial charge in [-0.3, -0.25) is 24.4 Å². The number of carbonyl (C=O) groups excluding carboxylic acids is 3. The molecule has 2 amide bonds. The van der Waals surface area contributed by atoms with Gasteiger partial charge in [-0.2, -0.15) is 10.2 Å². The zero-order valence-corrected chi connectivity index (χ0v) is 33.0. The van der Waals surface area contributed by atoms with E-state index in [2.05, 4.69) is 20.3 Å². The van der Waals surface area contributed by atoms with Crippen molar-refractivity contribution in [3.8, 4) is 28.4 Å². The number of likely N-dealkylation sites (tertiary alicyclic amines) is 2. The first-order valence-electron chi connectivity index (χ1n) is 19.5. The van der Waals surface area contributed by atoms with Gasteiger partial charge in [-0.1, -0.05) is 0 Å². The van der Waals surface area contributed by atoms with Crippen molar-refractivity contribution in [1.82, 2.24) is 44.5 Å². The quantitative estimate of drug-likeness (QED) is 0.191. The van der Waals surface area contributed by atoms with E-state index in [1.54, 1.807) is 52.2 Å². The molecule has 1 aromatic carbocycles. The summed E-state index contributed by atoms with van der Waals surface area (Å²) in [5.41, 5.74) is 2.80. The number of halogens is 1. The summed E-state index contributed by atoms with van der Waals surface area (Å²) in [6, 6.07) is 7.04. The third-order valence-corrected chi connectivity index (χ3v) is 10.5. The van der Waals surface area contributed by atoms with Gasteiger partial charge in [-0.15, -0.1) is 0 Å². The molecule has 0 unspecified atom stereocenters. The number of alkyl halides is 1. The van der Waals surface area contributed by atoms with Crippen LogP contribution in [0.1, 0.15) is 44.1 Å². The highest BCUT2D eigenvalue weighted by Gasteiger charge is 2.34. The molecule has 17 nitrogen and oxygen atoms in total. The van der Waals surface area contributed by atoms with E-state index in [4.69, 9.17) is 29.0 Å². The molecule has 3 aliphatic rings. The number of anilines is 1. The van der Waals surface area contributed by atoms with Gasteiger partial charge in [-0.25, -0.2) is 23.4 Å². The molecule has 0 spiro atoms. The van der Waals surface area contributed by atoms with Crippen LogP contribution in [-0.4, -0.2) is 142 Å². The van der Waals surface area contributed by atoms with Gasteiger partial charge in [0.05, 0.1) is 53.6 Å². The minimum absolute atomic E-state index is 0.143. The number of aromatic nitrogens is 6. The van der Waals surface area contributed by atoms with Crippen molar-refractivity contribution in [3.05, 3.63) is 54.7 Å². The highest BCUT2D eigenvalue weighted by molar-refractivity contribution is 6.06. The number of ether oxygens (including phenoxy) is 4. The first-order valence-corrected chi connectivity index (χ1v) is 19.5. The summed E-state index contributed by atoms with van der Waals surface area (Å²) >= 11 is 0. The lowest BCUT2D eigenvalue weighted by molar-refractivity contribution is -0.153. The van der Waals surface area contributed by atoms with Crippen LogP contribution in [0.5, 0.6) is 11.5 Å². The number of hydrogen-bond donors (Lipinski definition) is 1. The van der Waals surface area contributed by atoms with Crippen LogP contribution in [0.15, 0.2) is 49.1 Å². The van der Waals surface area contributed by atoms with Crippen molar-refractivity contribution in [2.75, 3.05) is 77.6 Å². The van der Waals surface area contributed by atoms with E-state index >= 15 is 0 Å². The summed E-state index contributed by atoms with van der Waals surface area (Å²) in [6.45, 7) is 9.25. The van der Waals surface area contributed by atoms with Gasteiger partial charge in [0.1, 0.15) is 42.2 Å². The molecule has 306 valence electrons. The second-order valence-electron chi connectivity index (χ2n) is 15.6. The lowest BCUT2D eigenvalue weighted by Crippen LogP contribution is -2.41. The van der Waals surface area contributed by atoms with Crippen molar-refractivity contribution in [2.24, 2.45) is 5.92 Å². The van der Waals surface area contributed by atoms with Crippen LogP contribution in [0.25, 0.3) is 33.5 Å². The maximum atomic E-state index is 14.0. The van der Waals surface area contributed by atoms with Gasteiger partial charge < -0.3 is 29.2 Å². The van der Waals surface area contributed by atoms with E-state index in [9.17, 15) is 18.8 Å². The third kappa shape index (κ3) is 7.98. The Morgan fingerprint density at radius 3 is 2.64 bits per heavy atom. The normalized spacial score (nSPS) is 18.7. The van der Waals surface area contributed by atoms with Crippen LogP contribution in [0, 0.1) is 5.92 Å². The van der Waals surface area contributed by atoms with Crippen LogP contribution in [0.4, 0.5) is 14.9 Å². The van der Waals surface area contributed by atoms with E-state index in [0.29, 0.717) is 103 Å². The van der Waals surface area contributed by atoms with Crippen molar-refractivity contribution in [1.29, 1.82) is 0 Å². The van der Waals surface area contributed by atoms with E-state index in [1.165, 1.54) is 12.0 Å². The third-order valence-electron chi connectivity index (χ3n) is 10.5. The molecule has 7 heterocycles. The predicted octanol–water partition coefficient (Wildman–Crippen LogP) is 3.91. The molecule has 0 saturated carbocycles. The maximum absolute atomic E-state index is 14.0. The molecule has 2 saturated heterocycles. The molecule has 0 aliphatic carbocycles. The lowest BCUT2D eigenvalue weighted by Gasteiger charge is -2.32. The Bertz CT molecular complexity index is 2340. The summed E-state index contributed by atoms with van der Waals surface area (Å²) in [5, 5.41) is 12.8. The van der Waals surface area contributed by atoms with Gasteiger partial charge in [0.15, 0.2) is 11.3 Å². The number of hydrogen-bond acceptors (Lipinski definition) is 13. The molecule has 0 bridgehead atoms. The molecular formula is C40H47FN10O7. The number of esters is 1. The molecular weight excluding hydrogens is 752 g/mol.